The minimum Gasteiger partial charge on any atom is -0.381 e. The first kappa shape index (κ1) is 24.8. The normalized spacial score (nSPS) is 14.8. The van der Waals surface area contributed by atoms with E-state index in [-0.39, 0.29) is 24.0 Å². The number of hydrogen-bond acceptors (Lipinski definition) is 4. The van der Waals surface area contributed by atoms with E-state index in [1.54, 1.807) is 13.2 Å². The highest BCUT2D eigenvalue weighted by Gasteiger charge is 2.13. The summed E-state index contributed by atoms with van der Waals surface area (Å²) >= 11 is 5.81. The molecule has 30 heavy (non-hydrogen) atoms. The SMILES string of the molecule is CN=C(NCCc1ccc(Cl)nc1)NCc1ccc(COC2CCOCC2)cc1.I. The molecule has 1 aromatic carbocycles. The van der Waals surface area contributed by atoms with Crippen LogP contribution in [0.4, 0.5) is 0 Å². The van der Waals surface area contributed by atoms with E-state index in [4.69, 9.17) is 21.1 Å². The fourth-order valence-electron chi connectivity index (χ4n) is 3.10. The predicted molar refractivity (Wildman–Crippen MR) is 132 cm³/mol. The molecule has 2 N–H and O–H groups in total. The van der Waals surface area contributed by atoms with Gasteiger partial charge in [0.25, 0.3) is 0 Å². The number of nitrogens with zero attached hydrogens (tertiary/aromatic N) is 2. The summed E-state index contributed by atoms with van der Waals surface area (Å²) in [5, 5.41) is 7.17. The quantitative estimate of drug-likeness (QED) is 0.228. The van der Waals surface area contributed by atoms with E-state index in [0.717, 1.165) is 50.5 Å². The van der Waals surface area contributed by atoms with Crippen LogP contribution in [0.3, 0.4) is 0 Å². The minimum absolute atomic E-state index is 0. The van der Waals surface area contributed by atoms with Crippen LogP contribution < -0.4 is 10.6 Å². The molecule has 0 radical (unpaired) electrons. The van der Waals surface area contributed by atoms with E-state index in [1.807, 2.05) is 12.1 Å². The Morgan fingerprint density at radius 3 is 2.47 bits per heavy atom. The van der Waals surface area contributed by atoms with E-state index >= 15 is 0 Å². The number of pyridine rings is 1. The number of ether oxygens (including phenoxy) is 2. The summed E-state index contributed by atoms with van der Waals surface area (Å²) in [6.07, 6.45) is 4.95. The van der Waals surface area contributed by atoms with Crippen LogP contribution in [-0.4, -0.2) is 43.9 Å². The highest BCUT2D eigenvalue weighted by atomic mass is 127. The van der Waals surface area contributed by atoms with Crippen LogP contribution in [0, 0.1) is 0 Å². The molecule has 2 aromatic rings. The Hall–Kier alpha value is -1.42. The number of guanidine groups is 1. The van der Waals surface area contributed by atoms with E-state index < -0.39 is 0 Å². The molecular formula is C22H30ClIN4O2. The lowest BCUT2D eigenvalue weighted by Gasteiger charge is -2.22. The largest absolute Gasteiger partial charge is 0.381 e. The van der Waals surface area contributed by atoms with Crippen LogP contribution in [0.1, 0.15) is 29.5 Å². The standard InChI is InChI=1S/C22H29ClN4O2.HI/c1-24-22(25-11-8-18-6-7-21(23)26-14-18)27-15-17-2-4-19(5-3-17)16-29-20-9-12-28-13-10-20;/h2-7,14,20H,8-13,15-16H2,1H3,(H2,24,25,27);1H. The first-order valence-corrected chi connectivity index (χ1v) is 10.4. The Kier molecular flexibility index (Phi) is 11.4. The lowest BCUT2D eigenvalue weighted by molar-refractivity contribution is -0.0390. The van der Waals surface area contributed by atoms with Crippen molar-refractivity contribution in [2.24, 2.45) is 4.99 Å². The highest BCUT2D eigenvalue weighted by molar-refractivity contribution is 14.0. The smallest absolute Gasteiger partial charge is 0.191 e. The molecule has 2 heterocycles. The van der Waals surface area contributed by atoms with Crippen LogP contribution in [-0.2, 0) is 29.0 Å². The molecule has 1 aliphatic rings. The molecule has 1 aromatic heterocycles. The van der Waals surface area contributed by atoms with Crippen molar-refractivity contribution in [3.63, 3.8) is 0 Å². The Morgan fingerprint density at radius 2 is 1.80 bits per heavy atom. The summed E-state index contributed by atoms with van der Waals surface area (Å²) in [5.41, 5.74) is 3.53. The molecule has 0 atom stereocenters. The molecule has 8 heteroatoms. The van der Waals surface area contributed by atoms with Crippen molar-refractivity contribution in [3.8, 4) is 0 Å². The summed E-state index contributed by atoms with van der Waals surface area (Å²) < 4.78 is 11.3. The van der Waals surface area contributed by atoms with Crippen molar-refractivity contribution in [3.05, 3.63) is 64.4 Å². The fourth-order valence-corrected chi connectivity index (χ4v) is 3.21. The molecule has 6 nitrogen and oxygen atoms in total. The molecule has 1 aliphatic heterocycles. The van der Waals surface area contributed by atoms with E-state index in [1.165, 1.54) is 11.1 Å². The molecule has 1 fully saturated rings. The molecular weight excluding hydrogens is 515 g/mol. The van der Waals surface area contributed by atoms with Gasteiger partial charge in [-0.05, 0) is 42.0 Å². The van der Waals surface area contributed by atoms with Crippen molar-refractivity contribution in [2.75, 3.05) is 26.8 Å². The van der Waals surface area contributed by atoms with Crippen molar-refractivity contribution in [1.82, 2.24) is 15.6 Å². The van der Waals surface area contributed by atoms with Gasteiger partial charge in [0.05, 0.1) is 12.7 Å². The maximum absolute atomic E-state index is 5.98. The van der Waals surface area contributed by atoms with Crippen LogP contribution in [0.2, 0.25) is 5.15 Å². The fraction of sp³-hybridized carbons (Fsp3) is 0.455. The zero-order chi connectivity index (χ0) is 20.3. The van der Waals surface area contributed by atoms with Gasteiger partial charge in [0.1, 0.15) is 5.15 Å². The number of hydrogen-bond donors (Lipinski definition) is 2. The molecule has 164 valence electrons. The van der Waals surface area contributed by atoms with Crippen molar-refractivity contribution in [2.45, 2.75) is 38.5 Å². The van der Waals surface area contributed by atoms with E-state index in [0.29, 0.717) is 24.4 Å². The van der Waals surface area contributed by atoms with Gasteiger partial charge in [-0.25, -0.2) is 4.98 Å². The highest BCUT2D eigenvalue weighted by Crippen LogP contribution is 2.14. The van der Waals surface area contributed by atoms with Crippen molar-refractivity contribution < 1.29 is 9.47 Å². The topological polar surface area (TPSA) is 67.8 Å². The van der Waals surface area contributed by atoms with Gasteiger partial charge in [-0.15, -0.1) is 24.0 Å². The summed E-state index contributed by atoms with van der Waals surface area (Å²) in [6.45, 7) is 3.75. The average Bonchev–Trinajstić information content (AvgIpc) is 2.77. The van der Waals surface area contributed by atoms with E-state index in [2.05, 4.69) is 44.9 Å². The van der Waals surface area contributed by atoms with Gasteiger partial charge in [-0.2, -0.15) is 0 Å². The number of nitrogens with one attached hydrogen (secondary N) is 2. The predicted octanol–water partition coefficient (Wildman–Crippen LogP) is 3.96. The maximum atomic E-state index is 5.98. The lowest BCUT2D eigenvalue weighted by Crippen LogP contribution is -2.37. The third kappa shape index (κ3) is 8.75. The van der Waals surface area contributed by atoms with Gasteiger partial charge in [0.2, 0.25) is 0 Å². The Labute approximate surface area is 200 Å². The Balaban J connectivity index is 0.00000320. The van der Waals surface area contributed by atoms with Gasteiger partial charge < -0.3 is 20.1 Å². The second-order valence-electron chi connectivity index (χ2n) is 7.03. The number of benzene rings is 1. The molecule has 3 rings (SSSR count). The number of halogens is 2. The lowest BCUT2D eigenvalue weighted by atomic mass is 10.1. The Morgan fingerprint density at radius 1 is 1.10 bits per heavy atom. The van der Waals surface area contributed by atoms with Crippen molar-refractivity contribution in [1.29, 1.82) is 0 Å². The minimum atomic E-state index is 0. The van der Waals surface area contributed by atoms with E-state index in [9.17, 15) is 0 Å². The summed E-state index contributed by atoms with van der Waals surface area (Å²) in [4.78, 5) is 8.37. The van der Waals surface area contributed by atoms with Crippen LogP contribution >= 0.6 is 35.6 Å². The Bertz CT molecular complexity index is 766. The summed E-state index contributed by atoms with van der Waals surface area (Å²) in [5.74, 6) is 0.777. The summed E-state index contributed by atoms with van der Waals surface area (Å²) in [6, 6.07) is 12.3. The van der Waals surface area contributed by atoms with Gasteiger partial charge in [-0.1, -0.05) is 41.9 Å². The van der Waals surface area contributed by atoms with Crippen LogP contribution in [0.5, 0.6) is 0 Å². The third-order valence-electron chi connectivity index (χ3n) is 4.86. The number of aliphatic imine (C=N–C) groups is 1. The monoisotopic (exact) mass is 544 g/mol. The zero-order valence-electron chi connectivity index (χ0n) is 17.3. The van der Waals surface area contributed by atoms with Crippen molar-refractivity contribution >= 4 is 41.5 Å². The molecule has 0 spiro atoms. The number of aromatic nitrogens is 1. The van der Waals surface area contributed by atoms with Gasteiger partial charge in [0, 0.05) is 39.5 Å². The van der Waals surface area contributed by atoms with Crippen LogP contribution in [0.15, 0.2) is 47.6 Å². The molecule has 1 saturated heterocycles. The maximum Gasteiger partial charge on any atom is 0.191 e. The molecule has 0 aliphatic carbocycles. The molecule has 0 saturated carbocycles. The van der Waals surface area contributed by atoms with Gasteiger partial charge >= 0.3 is 0 Å². The first-order chi connectivity index (χ1) is 14.2. The second kappa shape index (κ2) is 13.8. The molecule has 0 amide bonds. The zero-order valence-corrected chi connectivity index (χ0v) is 20.4. The first-order valence-electron chi connectivity index (χ1n) is 10.0. The third-order valence-corrected chi connectivity index (χ3v) is 5.08. The molecule has 0 bridgehead atoms. The number of rotatable bonds is 8. The van der Waals surface area contributed by atoms with Crippen LogP contribution in [0.25, 0.3) is 0 Å². The molecule has 0 unspecified atom stereocenters. The summed E-state index contributed by atoms with van der Waals surface area (Å²) in [7, 11) is 1.77. The van der Waals surface area contributed by atoms with Gasteiger partial charge in [-0.3, -0.25) is 4.99 Å². The van der Waals surface area contributed by atoms with Gasteiger partial charge in [0.15, 0.2) is 5.96 Å². The second-order valence-corrected chi connectivity index (χ2v) is 7.42. The average molecular weight is 545 g/mol.